The Labute approximate surface area is 207 Å². The molecule has 35 heavy (non-hydrogen) atoms. The van der Waals surface area contributed by atoms with Gasteiger partial charge in [0.2, 0.25) is 0 Å². The lowest BCUT2D eigenvalue weighted by Gasteiger charge is -2.42. The van der Waals surface area contributed by atoms with E-state index >= 15 is 0 Å². The highest BCUT2D eigenvalue weighted by Crippen LogP contribution is 2.48. The van der Waals surface area contributed by atoms with E-state index in [2.05, 4.69) is 25.0 Å². The quantitative estimate of drug-likeness (QED) is 0.287. The van der Waals surface area contributed by atoms with Gasteiger partial charge in [0.1, 0.15) is 12.4 Å². The van der Waals surface area contributed by atoms with Gasteiger partial charge in [-0.3, -0.25) is 0 Å². The lowest BCUT2D eigenvalue weighted by Crippen LogP contribution is -2.30. The Balaban J connectivity index is 1.41. The molecule has 4 rings (SSSR count). The molecule has 4 heteroatoms. The molecule has 2 aromatic carbocycles. The normalized spacial score (nSPS) is 23.5. The van der Waals surface area contributed by atoms with E-state index in [4.69, 9.17) is 4.74 Å². The van der Waals surface area contributed by atoms with Gasteiger partial charge in [0, 0.05) is 5.56 Å². The fourth-order valence-electron chi connectivity index (χ4n) is 5.84. The molecule has 1 nitrogen and oxygen atoms in total. The summed E-state index contributed by atoms with van der Waals surface area (Å²) < 4.78 is 48.2. The lowest BCUT2D eigenvalue weighted by atomic mass is 9.63. The molecule has 2 aliphatic carbocycles. The van der Waals surface area contributed by atoms with Crippen LogP contribution in [0.25, 0.3) is 0 Å². The molecule has 0 bridgehead atoms. The smallest absolute Gasteiger partial charge is 0.191 e. The van der Waals surface area contributed by atoms with E-state index in [0.29, 0.717) is 5.92 Å². The van der Waals surface area contributed by atoms with Crippen molar-refractivity contribution in [2.24, 2.45) is 17.8 Å². The standard InChI is InChI=1S/C31H33F3O/c1-3-5-6-21-7-10-25-19-26(14-13-24(25)16-21)27-12-11-23(28(32)20-27)9-8-22-17-29(33)31(30(34)18-22)35-15-4-2/h3-4,11-12,17-18,20-21,24-26H,1-2,5-7,10,13-16,19H2. The highest BCUT2D eigenvalue weighted by Gasteiger charge is 2.35. The highest BCUT2D eigenvalue weighted by molar-refractivity contribution is 5.46. The van der Waals surface area contributed by atoms with Crippen molar-refractivity contribution >= 4 is 0 Å². The summed E-state index contributed by atoms with van der Waals surface area (Å²) in [5, 5.41) is 0. The number of rotatable bonds is 7. The molecule has 2 saturated carbocycles. The number of benzene rings is 2. The van der Waals surface area contributed by atoms with Crippen LogP contribution in [0.1, 0.15) is 74.0 Å². The van der Waals surface area contributed by atoms with Gasteiger partial charge in [-0.2, -0.15) is 0 Å². The van der Waals surface area contributed by atoms with Crippen LogP contribution < -0.4 is 4.74 Å². The van der Waals surface area contributed by atoms with Crippen molar-refractivity contribution in [3.8, 4) is 17.6 Å². The maximum atomic E-state index is 14.9. The monoisotopic (exact) mass is 478 g/mol. The summed E-state index contributed by atoms with van der Waals surface area (Å²) in [6.07, 6.45) is 13.1. The van der Waals surface area contributed by atoms with E-state index < -0.39 is 23.2 Å². The number of hydrogen-bond donors (Lipinski definition) is 0. The van der Waals surface area contributed by atoms with Crippen molar-refractivity contribution < 1.29 is 17.9 Å². The number of allylic oxidation sites excluding steroid dienone is 1. The largest absolute Gasteiger partial charge is 0.483 e. The molecule has 0 amide bonds. The second-order valence-electron chi connectivity index (χ2n) is 9.93. The van der Waals surface area contributed by atoms with Crippen LogP contribution in [0, 0.1) is 47.0 Å². The molecule has 2 aliphatic rings. The number of fused-ring (bicyclic) bond motifs is 1. The lowest BCUT2D eigenvalue weighted by molar-refractivity contribution is 0.115. The summed E-state index contributed by atoms with van der Waals surface area (Å²) in [6.45, 7) is 7.31. The van der Waals surface area contributed by atoms with E-state index in [1.54, 1.807) is 12.1 Å². The van der Waals surface area contributed by atoms with Crippen molar-refractivity contribution in [3.63, 3.8) is 0 Å². The summed E-state index contributed by atoms with van der Waals surface area (Å²) in [6, 6.07) is 7.42. The van der Waals surface area contributed by atoms with E-state index in [0.717, 1.165) is 54.7 Å². The minimum Gasteiger partial charge on any atom is -0.483 e. The third kappa shape index (κ3) is 6.20. The zero-order chi connectivity index (χ0) is 24.8. The molecular weight excluding hydrogens is 445 g/mol. The predicted molar refractivity (Wildman–Crippen MR) is 135 cm³/mol. The average Bonchev–Trinajstić information content (AvgIpc) is 2.86. The topological polar surface area (TPSA) is 9.23 Å². The van der Waals surface area contributed by atoms with Gasteiger partial charge in [-0.05, 0) is 98.4 Å². The minimum atomic E-state index is -0.850. The van der Waals surface area contributed by atoms with Gasteiger partial charge in [-0.15, -0.1) is 6.58 Å². The molecule has 0 aromatic heterocycles. The SMILES string of the molecule is C=CCCC1CCC2CC(c3ccc(C#Cc4cc(F)c(OCC=C)c(F)c4)c(F)c3)CCC2C1. The Morgan fingerprint density at radius 2 is 1.60 bits per heavy atom. The zero-order valence-corrected chi connectivity index (χ0v) is 20.2. The molecule has 4 unspecified atom stereocenters. The van der Waals surface area contributed by atoms with Crippen LogP contribution >= 0.6 is 0 Å². The molecule has 184 valence electrons. The second kappa shape index (κ2) is 11.7. The van der Waals surface area contributed by atoms with Gasteiger partial charge >= 0.3 is 0 Å². The second-order valence-corrected chi connectivity index (χ2v) is 9.93. The number of ether oxygens (including phenoxy) is 1. The summed E-state index contributed by atoms with van der Waals surface area (Å²) in [7, 11) is 0. The van der Waals surface area contributed by atoms with E-state index in [9.17, 15) is 13.2 Å². The van der Waals surface area contributed by atoms with Crippen molar-refractivity contribution in [2.75, 3.05) is 6.61 Å². The van der Waals surface area contributed by atoms with Crippen LogP contribution in [0.3, 0.4) is 0 Å². The van der Waals surface area contributed by atoms with E-state index in [1.165, 1.54) is 38.2 Å². The molecular formula is C31H33F3O. The van der Waals surface area contributed by atoms with Crippen LogP contribution in [0.15, 0.2) is 55.6 Å². The third-order valence-electron chi connectivity index (χ3n) is 7.65. The highest BCUT2D eigenvalue weighted by atomic mass is 19.1. The number of hydrogen-bond acceptors (Lipinski definition) is 1. The fourth-order valence-corrected chi connectivity index (χ4v) is 5.84. The molecule has 0 radical (unpaired) electrons. The van der Waals surface area contributed by atoms with Gasteiger partial charge in [-0.25, -0.2) is 13.2 Å². The summed E-state index contributed by atoms with van der Waals surface area (Å²) >= 11 is 0. The summed E-state index contributed by atoms with van der Waals surface area (Å²) in [4.78, 5) is 0. The van der Waals surface area contributed by atoms with Crippen LogP contribution in [-0.4, -0.2) is 6.61 Å². The summed E-state index contributed by atoms with van der Waals surface area (Å²) in [5.41, 5.74) is 1.37. The van der Waals surface area contributed by atoms with Crippen molar-refractivity contribution in [1.29, 1.82) is 0 Å². The number of halogens is 3. The van der Waals surface area contributed by atoms with Crippen LogP contribution in [-0.2, 0) is 0 Å². The minimum absolute atomic E-state index is 0.00489. The van der Waals surface area contributed by atoms with E-state index in [-0.39, 0.29) is 17.7 Å². The van der Waals surface area contributed by atoms with Crippen molar-refractivity contribution in [3.05, 3.63) is 89.8 Å². The van der Waals surface area contributed by atoms with Gasteiger partial charge in [0.15, 0.2) is 17.4 Å². The maximum absolute atomic E-state index is 14.9. The molecule has 0 N–H and O–H groups in total. The first kappa shape index (κ1) is 25.2. The Bertz CT molecular complexity index is 1100. The first-order valence-electron chi connectivity index (χ1n) is 12.6. The zero-order valence-electron chi connectivity index (χ0n) is 20.2. The molecule has 2 fully saturated rings. The average molecular weight is 479 g/mol. The van der Waals surface area contributed by atoms with Crippen LogP contribution in [0.5, 0.6) is 5.75 Å². The molecule has 0 spiro atoms. The third-order valence-corrected chi connectivity index (χ3v) is 7.65. The fraction of sp³-hybridized carbons (Fsp3) is 0.419. The summed E-state index contributed by atoms with van der Waals surface area (Å²) in [5.74, 6) is 5.58. The van der Waals surface area contributed by atoms with Gasteiger partial charge in [-0.1, -0.05) is 43.1 Å². The Morgan fingerprint density at radius 3 is 2.31 bits per heavy atom. The van der Waals surface area contributed by atoms with E-state index in [1.807, 2.05) is 12.1 Å². The molecule has 0 saturated heterocycles. The molecule has 2 aromatic rings. The van der Waals surface area contributed by atoms with Gasteiger partial charge < -0.3 is 4.74 Å². The Hall–Kier alpha value is -2.93. The van der Waals surface area contributed by atoms with Crippen LogP contribution in [0.4, 0.5) is 13.2 Å². The van der Waals surface area contributed by atoms with Crippen LogP contribution in [0.2, 0.25) is 0 Å². The maximum Gasteiger partial charge on any atom is 0.191 e. The van der Waals surface area contributed by atoms with Crippen molar-refractivity contribution in [2.45, 2.75) is 57.3 Å². The first-order valence-corrected chi connectivity index (χ1v) is 12.6. The molecule has 0 aliphatic heterocycles. The molecule has 4 atom stereocenters. The van der Waals surface area contributed by atoms with Gasteiger partial charge in [0.25, 0.3) is 0 Å². The first-order chi connectivity index (χ1) is 17.0. The molecule has 0 heterocycles. The predicted octanol–water partition coefficient (Wildman–Crippen LogP) is 8.33. The van der Waals surface area contributed by atoms with Crippen molar-refractivity contribution in [1.82, 2.24) is 0 Å². The van der Waals surface area contributed by atoms with Gasteiger partial charge in [0.05, 0.1) is 5.56 Å². The Kier molecular flexibility index (Phi) is 8.39. The Morgan fingerprint density at radius 1 is 0.857 bits per heavy atom.